The summed E-state index contributed by atoms with van der Waals surface area (Å²) in [5.41, 5.74) is 1.77. The summed E-state index contributed by atoms with van der Waals surface area (Å²) < 4.78 is 5.36. The molecule has 0 radical (unpaired) electrons. The number of rotatable bonds is 4. The first-order chi connectivity index (χ1) is 8.58. The second-order valence-electron chi connectivity index (χ2n) is 4.82. The molecule has 0 aromatic heterocycles. The van der Waals surface area contributed by atoms with E-state index in [1.807, 2.05) is 6.07 Å². The third-order valence-electron chi connectivity index (χ3n) is 3.46. The van der Waals surface area contributed by atoms with Gasteiger partial charge in [0.05, 0.1) is 11.5 Å². The van der Waals surface area contributed by atoms with Crippen LogP contribution in [0.2, 0.25) is 0 Å². The predicted octanol–water partition coefficient (Wildman–Crippen LogP) is 2.74. The van der Waals surface area contributed by atoms with Crippen LogP contribution in [0.5, 0.6) is 0 Å². The smallest absolute Gasteiger partial charge is 0.272 e. The maximum absolute atomic E-state index is 10.7. The molecule has 5 heteroatoms. The van der Waals surface area contributed by atoms with Crippen LogP contribution in [-0.2, 0) is 4.74 Å². The van der Waals surface area contributed by atoms with E-state index < -0.39 is 0 Å². The molecule has 1 aliphatic heterocycles. The van der Waals surface area contributed by atoms with Crippen molar-refractivity contribution in [3.05, 3.63) is 33.9 Å². The summed E-state index contributed by atoms with van der Waals surface area (Å²) >= 11 is 0. The van der Waals surface area contributed by atoms with Crippen LogP contribution < -0.4 is 5.32 Å². The van der Waals surface area contributed by atoms with Crippen LogP contribution in [0, 0.1) is 23.0 Å². The predicted molar refractivity (Wildman–Crippen MR) is 69.8 cm³/mol. The van der Waals surface area contributed by atoms with Gasteiger partial charge in [0, 0.05) is 35.9 Å². The molecule has 0 spiro atoms. The molecule has 98 valence electrons. The lowest BCUT2D eigenvalue weighted by Gasteiger charge is -2.20. The zero-order valence-corrected chi connectivity index (χ0v) is 10.7. The maximum atomic E-state index is 10.7. The fourth-order valence-corrected chi connectivity index (χ4v) is 2.28. The van der Waals surface area contributed by atoms with Crippen LogP contribution in [-0.4, -0.2) is 24.2 Å². The molecule has 1 saturated heterocycles. The van der Waals surface area contributed by atoms with E-state index in [4.69, 9.17) is 4.74 Å². The van der Waals surface area contributed by atoms with Gasteiger partial charge in [0.15, 0.2) is 0 Å². The summed E-state index contributed by atoms with van der Waals surface area (Å²) in [5, 5.41) is 14.1. The van der Waals surface area contributed by atoms with Gasteiger partial charge in [-0.15, -0.1) is 0 Å². The minimum absolute atomic E-state index is 0.164. The molecule has 5 nitrogen and oxygen atoms in total. The first-order valence-electron chi connectivity index (χ1n) is 6.17. The second kappa shape index (κ2) is 5.35. The molecule has 0 aliphatic carbocycles. The Balaban J connectivity index is 2.05. The van der Waals surface area contributed by atoms with E-state index in [0.29, 0.717) is 17.5 Å². The van der Waals surface area contributed by atoms with Gasteiger partial charge in [0.1, 0.15) is 0 Å². The lowest BCUT2D eigenvalue weighted by molar-refractivity contribution is -0.385. The number of nitro benzene ring substituents is 1. The van der Waals surface area contributed by atoms with E-state index in [9.17, 15) is 10.1 Å². The van der Waals surface area contributed by atoms with Crippen molar-refractivity contribution in [1.29, 1.82) is 0 Å². The lowest BCUT2D eigenvalue weighted by Crippen LogP contribution is -2.26. The first kappa shape index (κ1) is 12.8. The summed E-state index contributed by atoms with van der Waals surface area (Å²) in [6.45, 7) is 5.50. The second-order valence-corrected chi connectivity index (χ2v) is 4.82. The Morgan fingerprint density at radius 3 is 2.89 bits per heavy atom. The Bertz CT molecular complexity index is 442. The van der Waals surface area contributed by atoms with E-state index in [0.717, 1.165) is 25.3 Å². The number of benzene rings is 1. The zero-order valence-electron chi connectivity index (χ0n) is 10.7. The fourth-order valence-electron chi connectivity index (χ4n) is 2.28. The van der Waals surface area contributed by atoms with Gasteiger partial charge >= 0.3 is 0 Å². The molecule has 1 heterocycles. The van der Waals surface area contributed by atoms with E-state index in [1.54, 1.807) is 19.1 Å². The van der Waals surface area contributed by atoms with Crippen molar-refractivity contribution in [3.8, 4) is 0 Å². The Morgan fingerprint density at radius 1 is 1.56 bits per heavy atom. The molecule has 0 saturated carbocycles. The highest BCUT2D eigenvalue weighted by molar-refractivity contribution is 5.54. The number of ether oxygens (including phenoxy) is 1. The largest absolute Gasteiger partial charge is 0.382 e. The molecule has 1 aromatic carbocycles. The summed E-state index contributed by atoms with van der Waals surface area (Å²) in [6.07, 6.45) is 1.07. The average Bonchev–Trinajstić information content (AvgIpc) is 2.81. The van der Waals surface area contributed by atoms with Gasteiger partial charge < -0.3 is 10.1 Å². The SMILES string of the molecule is Cc1cc(NC(C)C2CCOC2)ccc1[N+](=O)[O-]. The molecule has 2 unspecified atom stereocenters. The van der Waals surface area contributed by atoms with Gasteiger partial charge in [0.2, 0.25) is 0 Å². The van der Waals surface area contributed by atoms with Crippen LogP contribution in [0.15, 0.2) is 18.2 Å². The van der Waals surface area contributed by atoms with Crippen molar-refractivity contribution in [1.82, 2.24) is 0 Å². The number of nitro groups is 1. The van der Waals surface area contributed by atoms with Gasteiger partial charge in [-0.25, -0.2) is 0 Å². The highest BCUT2D eigenvalue weighted by Gasteiger charge is 2.22. The number of hydrogen-bond donors (Lipinski definition) is 1. The Kier molecular flexibility index (Phi) is 3.81. The van der Waals surface area contributed by atoms with E-state index in [2.05, 4.69) is 12.2 Å². The van der Waals surface area contributed by atoms with Crippen molar-refractivity contribution in [3.63, 3.8) is 0 Å². The molecule has 1 fully saturated rings. The number of nitrogens with one attached hydrogen (secondary N) is 1. The number of hydrogen-bond acceptors (Lipinski definition) is 4. The van der Waals surface area contributed by atoms with Gasteiger partial charge in [-0.3, -0.25) is 10.1 Å². The van der Waals surface area contributed by atoms with Gasteiger partial charge in [-0.05, 0) is 32.4 Å². The first-order valence-corrected chi connectivity index (χ1v) is 6.17. The summed E-state index contributed by atoms with van der Waals surface area (Å²) in [4.78, 5) is 10.4. The Morgan fingerprint density at radius 2 is 2.33 bits per heavy atom. The number of nitrogens with zero attached hydrogens (tertiary/aromatic N) is 1. The van der Waals surface area contributed by atoms with Crippen molar-refractivity contribution in [2.75, 3.05) is 18.5 Å². The fraction of sp³-hybridized carbons (Fsp3) is 0.538. The van der Waals surface area contributed by atoms with Crippen LogP contribution >= 0.6 is 0 Å². The molecule has 18 heavy (non-hydrogen) atoms. The molecule has 0 bridgehead atoms. The zero-order chi connectivity index (χ0) is 13.1. The molecule has 1 aromatic rings. The third kappa shape index (κ3) is 2.79. The normalized spacial score (nSPS) is 20.7. The lowest BCUT2D eigenvalue weighted by atomic mass is 10.0. The third-order valence-corrected chi connectivity index (χ3v) is 3.46. The van der Waals surface area contributed by atoms with Crippen LogP contribution in [0.1, 0.15) is 18.9 Å². The van der Waals surface area contributed by atoms with E-state index >= 15 is 0 Å². The summed E-state index contributed by atoms with van der Waals surface area (Å²) in [7, 11) is 0. The highest BCUT2D eigenvalue weighted by atomic mass is 16.6. The monoisotopic (exact) mass is 250 g/mol. The molecular formula is C13H18N2O3. The summed E-state index contributed by atoms with van der Waals surface area (Å²) in [6, 6.07) is 5.45. The molecule has 2 atom stereocenters. The molecule has 1 aliphatic rings. The van der Waals surface area contributed by atoms with Crippen molar-refractivity contribution in [2.24, 2.45) is 5.92 Å². The Labute approximate surface area is 106 Å². The summed E-state index contributed by atoms with van der Waals surface area (Å²) in [5.74, 6) is 0.514. The van der Waals surface area contributed by atoms with E-state index in [1.165, 1.54) is 0 Å². The minimum Gasteiger partial charge on any atom is -0.382 e. The quantitative estimate of drug-likeness (QED) is 0.659. The maximum Gasteiger partial charge on any atom is 0.272 e. The molecule has 2 rings (SSSR count). The van der Waals surface area contributed by atoms with Crippen LogP contribution in [0.3, 0.4) is 0 Å². The van der Waals surface area contributed by atoms with Crippen molar-refractivity contribution >= 4 is 11.4 Å². The van der Waals surface area contributed by atoms with Crippen molar-refractivity contribution in [2.45, 2.75) is 26.3 Å². The number of aryl methyl sites for hydroxylation is 1. The molecule has 1 N–H and O–H groups in total. The van der Waals surface area contributed by atoms with Crippen molar-refractivity contribution < 1.29 is 9.66 Å². The van der Waals surface area contributed by atoms with Gasteiger partial charge in [0.25, 0.3) is 5.69 Å². The van der Waals surface area contributed by atoms with Gasteiger partial charge in [-0.2, -0.15) is 0 Å². The van der Waals surface area contributed by atoms with Crippen LogP contribution in [0.4, 0.5) is 11.4 Å². The average molecular weight is 250 g/mol. The standard InChI is InChI=1S/C13H18N2O3/c1-9-7-12(3-4-13(9)15(16)17)14-10(2)11-5-6-18-8-11/h3-4,7,10-11,14H,5-6,8H2,1-2H3. The number of anilines is 1. The van der Waals surface area contributed by atoms with Gasteiger partial charge in [-0.1, -0.05) is 0 Å². The topological polar surface area (TPSA) is 64.4 Å². The highest BCUT2D eigenvalue weighted by Crippen LogP contribution is 2.24. The Hall–Kier alpha value is -1.62. The molecular weight excluding hydrogens is 232 g/mol. The minimum atomic E-state index is -0.354. The van der Waals surface area contributed by atoms with Crippen LogP contribution in [0.25, 0.3) is 0 Å². The van der Waals surface area contributed by atoms with E-state index in [-0.39, 0.29) is 10.6 Å². The molecule has 0 amide bonds.